The van der Waals surface area contributed by atoms with Crippen LogP contribution in [0.25, 0.3) is 0 Å². The largest absolute Gasteiger partial charge is 0.481 e. The number of carbonyl (C=O) groups excluding carboxylic acids is 2. The number of aliphatic carboxylic acids is 1. The molecule has 1 saturated carbocycles. The van der Waals surface area contributed by atoms with Crippen LogP contribution in [0.3, 0.4) is 0 Å². The summed E-state index contributed by atoms with van der Waals surface area (Å²) < 4.78 is 5.05. The molecule has 2 unspecified atom stereocenters. The number of imide groups is 1. The van der Waals surface area contributed by atoms with E-state index in [1.807, 2.05) is 0 Å². The Labute approximate surface area is 95.8 Å². The Morgan fingerprint density at radius 2 is 2.00 bits per heavy atom. The molecule has 1 N–H and O–H groups in total. The van der Waals surface area contributed by atoms with Crippen LogP contribution in [0.5, 0.6) is 0 Å². The Morgan fingerprint density at radius 3 is 2.47 bits per heavy atom. The van der Waals surface area contributed by atoms with E-state index in [4.69, 9.17) is 9.52 Å². The SMILES string of the molecule is O=C(O)C1C2C(=O)N(Cc3ccco3)C(=O)C12. The predicted molar refractivity (Wildman–Crippen MR) is 52.4 cm³/mol. The van der Waals surface area contributed by atoms with Crippen LogP contribution in [0.1, 0.15) is 5.76 Å². The second kappa shape index (κ2) is 3.19. The number of hydrogen-bond acceptors (Lipinski definition) is 4. The third kappa shape index (κ3) is 1.30. The fraction of sp³-hybridized carbons (Fsp3) is 0.364. The lowest BCUT2D eigenvalue weighted by Gasteiger charge is -2.15. The van der Waals surface area contributed by atoms with E-state index in [2.05, 4.69) is 0 Å². The average molecular weight is 235 g/mol. The lowest BCUT2D eigenvalue weighted by Crippen LogP contribution is -2.35. The number of amides is 2. The van der Waals surface area contributed by atoms with E-state index in [1.54, 1.807) is 12.1 Å². The van der Waals surface area contributed by atoms with Crippen LogP contribution >= 0.6 is 0 Å². The first kappa shape index (κ1) is 10.1. The molecule has 17 heavy (non-hydrogen) atoms. The van der Waals surface area contributed by atoms with Crippen molar-refractivity contribution in [3.05, 3.63) is 24.2 Å². The van der Waals surface area contributed by atoms with Crippen molar-refractivity contribution >= 4 is 17.8 Å². The van der Waals surface area contributed by atoms with Crippen molar-refractivity contribution in [1.82, 2.24) is 4.90 Å². The van der Waals surface area contributed by atoms with Crippen molar-refractivity contribution in [2.45, 2.75) is 6.54 Å². The molecule has 2 fully saturated rings. The average Bonchev–Trinajstić information content (AvgIpc) is 2.74. The van der Waals surface area contributed by atoms with Crippen LogP contribution in [0.15, 0.2) is 22.8 Å². The summed E-state index contributed by atoms with van der Waals surface area (Å²) in [6.45, 7) is 0.0873. The number of piperidine rings is 1. The van der Waals surface area contributed by atoms with Gasteiger partial charge in [0.05, 0.1) is 30.6 Å². The van der Waals surface area contributed by atoms with Gasteiger partial charge in [0.25, 0.3) is 0 Å². The molecule has 0 radical (unpaired) electrons. The minimum atomic E-state index is -1.07. The highest BCUT2D eigenvalue weighted by Crippen LogP contribution is 2.53. The van der Waals surface area contributed by atoms with Gasteiger partial charge in [0.1, 0.15) is 5.76 Å². The molecule has 1 saturated heterocycles. The maximum absolute atomic E-state index is 11.8. The molecular formula is C11H9NO5. The zero-order chi connectivity index (χ0) is 12.2. The number of fused-ring (bicyclic) bond motifs is 1. The standard InChI is InChI=1S/C11H9NO5/c13-9-6-7(8(6)11(15)16)10(14)12(9)4-5-2-1-3-17-5/h1-3,6-8H,4H2,(H,15,16). The van der Waals surface area contributed by atoms with E-state index in [1.165, 1.54) is 6.26 Å². The summed E-state index contributed by atoms with van der Waals surface area (Å²) >= 11 is 0. The van der Waals surface area contributed by atoms with Crippen LogP contribution in [-0.2, 0) is 20.9 Å². The molecule has 3 rings (SSSR count). The molecule has 2 heterocycles. The zero-order valence-corrected chi connectivity index (χ0v) is 8.70. The summed E-state index contributed by atoms with van der Waals surface area (Å²) in [7, 11) is 0. The molecule has 1 aromatic heterocycles. The predicted octanol–water partition coefficient (Wildman–Crippen LogP) is 0.0952. The highest BCUT2D eigenvalue weighted by Gasteiger charge is 2.70. The molecule has 2 aliphatic rings. The van der Waals surface area contributed by atoms with E-state index >= 15 is 0 Å². The van der Waals surface area contributed by atoms with E-state index in [9.17, 15) is 14.4 Å². The second-order valence-electron chi connectivity index (χ2n) is 4.26. The van der Waals surface area contributed by atoms with Crippen LogP contribution in [-0.4, -0.2) is 27.8 Å². The summed E-state index contributed by atoms with van der Waals surface area (Å²) in [5.74, 6) is -3.49. The number of hydrogen-bond donors (Lipinski definition) is 1. The monoisotopic (exact) mass is 235 g/mol. The van der Waals surface area contributed by atoms with Crippen LogP contribution in [0.2, 0.25) is 0 Å². The molecule has 1 aromatic rings. The topological polar surface area (TPSA) is 87.8 Å². The smallest absolute Gasteiger partial charge is 0.308 e. The molecule has 0 bridgehead atoms. The Bertz CT molecular complexity index is 484. The number of furan rings is 1. The Balaban J connectivity index is 1.77. The first-order valence-corrected chi connectivity index (χ1v) is 5.21. The van der Waals surface area contributed by atoms with E-state index in [0.29, 0.717) is 5.76 Å². The first-order valence-electron chi connectivity index (χ1n) is 5.21. The van der Waals surface area contributed by atoms with E-state index in [0.717, 1.165) is 4.90 Å². The van der Waals surface area contributed by atoms with Gasteiger partial charge in [0, 0.05) is 0 Å². The third-order valence-electron chi connectivity index (χ3n) is 3.30. The molecule has 1 aliphatic heterocycles. The van der Waals surface area contributed by atoms with Crippen molar-refractivity contribution in [3.8, 4) is 0 Å². The number of likely N-dealkylation sites (tertiary alicyclic amines) is 1. The number of carbonyl (C=O) groups is 3. The zero-order valence-electron chi connectivity index (χ0n) is 8.70. The van der Waals surface area contributed by atoms with Gasteiger partial charge in [-0.25, -0.2) is 0 Å². The molecule has 1 aliphatic carbocycles. The summed E-state index contributed by atoms with van der Waals surface area (Å²) in [5, 5.41) is 8.80. The summed E-state index contributed by atoms with van der Waals surface area (Å²) in [4.78, 5) is 35.4. The van der Waals surface area contributed by atoms with Gasteiger partial charge in [-0.3, -0.25) is 19.3 Å². The molecule has 6 nitrogen and oxygen atoms in total. The number of rotatable bonds is 3. The summed E-state index contributed by atoms with van der Waals surface area (Å²) in [6.07, 6.45) is 1.46. The Morgan fingerprint density at radius 1 is 1.35 bits per heavy atom. The van der Waals surface area contributed by atoms with Crippen molar-refractivity contribution in [3.63, 3.8) is 0 Å². The minimum absolute atomic E-state index is 0.0873. The van der Waals surface area contributed by atoms with Gasteiger partial charge in [-0.15, -0.1) is 0 Å². The quantitative estimate of drug-likeness (QED) is 0.750. The maximum Gasteiger partial charge on any atom is 0.308 e. The number of nitrogens with zero attached hydrogens (tertiary/aromatic N) is 1. The lowest BCUT2D eigenvalue weighted by atomic mass is 10.2. The van der Waals surface area contributed by atoms with Crippen LogP contribution in [0, 0.1) is 17.8 Å². The van der Waals surface area contributed by atoms with Gasteiger partial charge in [-0.2, -0.15) is 0 Å². The molecule has 0 spiro atoms. The lowest BCUT2D eigenvalue weighted by molar-refractivity contribution is -0.149. The van der Waals surface area contributed by atoms with Crippen LogP contribution < -0.4 is 0 Å². The van der Waals surface area contributed by atoms with Gasteiger partial charge < -0.3 is 9.52 Å². The van der Waals surface area contributed by atoms with Crippen molar-refractivity contribution in [2.75, 3.05) is 0 Å². The van der Waals surface area contributed by atoms with Gasteiger partial charge in [0.15, 0.2) is 0 Å². The van der Waals surface area contributed by atoms with Gasteiger partial charge in [-0.1, -0.05) is 0 Å². The molecule has 6 heteroatoms. The molecule has 88 valence electrons. The summed E-state index contributed by atoms with van der Waals surface area (Å²) in [6, 6.07) is 3.33. The number of carboxylic acid groups (broad SMARTS) is 1. The van der Waals surface area contributed by atoms with Gasteiger partial charge in [0.2, 0.25) is 11.8 Å². The molecular weight excluding hydrogens is 226 g/mol. The Hall–Kier alpha value is -2.11. The number of carboxylic acids is 1. The molecule has 2 amide bonds. The van der Waals surface area contributed by atoms with Gasteiger partial charge >= 0.3 is 5.97 Å². The molecule has 0 aromatic carbocycles. The van der Waals surface area contributed by atoms with E-state index < -0.39 is 35.5 Å². The fourth-order valence-electron chi connectivity index (χ4n) is 2.42. The van der Waals surface area contributed by atoms with Crippen LogP contribution in [0.4, 0.5) is 0 Å². The highest BCUT2D eigenvalue weighted by atomic mass is 16.4. The van der Waals surface area contributed by atoms with Gasteiger partial charge in [-0.05, 0) is 12.1 Å². The third-order valence-corrected chi connectivity index (χ3v) is 3.30. The highest BCUT2D eigenvalue weighted by molar-refractivity contribution is 6.13. The second-order valence-corrected chi connectivity index (χ2v) is 4.26. The normalized spacial score (nSPS) is 30.6. The Kier molecular flexibility index (Phi) is 1.89. The van der Waals surface area contributed by atoms with Crippen molar-refractivity contribution in [2.24, 2.45) is 17.8 Å². The maximum atomic E-state index is 11.8. The minimum Gasteiger partial charge on any atom is -0.481 e. The van der Waals surface area contributed by atoms with Crippen molar-refractivity contribution in [1.29, 1.82) is 0 Å². The van der Waals surface area contributed by atoms with E-state index in [-0.39, 0.29) is 6.54 Å². The fourth-order valence-corrected chi connectivity index (χ4v) is 2.42. The first-order chi connectivity index (χ1) is 8.11. The summed E-state index contributed by atoms with van der Waals surface area (Å²) in [5.41, 5.74) is 0. The molecule has 2 atom stereocenters. The van der Waals surface area contributed by atoms with Crippen molar-refractivity contribution < 1.29 is 23.9 Å².